The Morgan fingerprint density at radius 1 is 1.05 bits per heavy atom. The molecule has 0 radical (unpaired) electrons. The lowest BCUT2D eigenvalue weighted by atomic mass is 9.81. The van der Waals surface area contributed by atoms with E-state index in [1.807, 2.05) is 37.3 Å². The van der Waals surface area contributed by atoms with Gasteiger partial charge in [0.2, 0.25) is 0 Å². The third-order valence-electron chi connectivity index (χ3n) is 11.0. The lowest BCUT2D eigenvalue weighted by Gasteiger charge is -2.40. The quantitative estimate of drug-likeness (QED) is 0.178. The molecule has 2 aliphatic heterocycles. The van der Waals surface area contributed by atoms with Crippen LogP contribution in [0, 0.1) is 0 Å². The predicted molar refractivity (Wildman–Crippen MR) is 209 cm³/mol. The maximum absolute atomic E-state index is 14.7. The van der Waals surface area contributed by atoms with Crippen molar-refractivity contribution in [3.05, 3.63) is 70.5 Å². The van der Waals surface area contributed by atoms with Gasteiger partial charge in [-0.25, -0.2) is 4.21 Å². The topological polar surface area (TPSA) is 117 Å². The van der Waals surface area contributed by atoms with E-state index in [1.165, 1.54) is 13.3 Å². The molecule has 3 atom stereocenters. The van der Waals surface area contributed by atoms with Crippen LogP contribution < -0.4 is 9.46 Å². The Labute approximate surface area is 326 Å². The molecule has 1 aliphatic carbocycles. The van der Waals surface area contributed by atoms with E-state index in [2.05, 4.69) is 14.4 Å². The number of fused-ring (bicyclic) bond motifs is 5. The number of carbonyl (C=O) groups is 2. The number of allylic oxidation sites excluding steroid dienone is 1. The Morgan fingerprint density at radius 3 is 2.52 bits per heavy atom. The smallest absolute Gasteiger partial charge is 0.408 e. The maximum atomic E-state index is 14.7. The van der Waals surface area contributed by atoms with Crippen molar-refractivity contribution in [2.75, 3.05) is 34.0 Å². The number of benzene rings is 2. The third-order valence-corrected chi connectivity index (χ3v) is 12.2. The molecule has 1 saturated heterocycles. The van der Waals surface area contributed by atoms with Gasteiger partial charge in [-0.05, 0) is 92.6 Å². The molecule has 2 aromatic heterocycles. The van der Waals surface area contributed by atoms with Crippen LogP contribution in [-0.2, 0) is 33.5 Å². The second kappa shape index (κ2) is 16.2. The maximum Gasteiger partial charge on any atom is 0.408 e. The molecular weight excluding hydrogens is 748 g/mol. The molecule has 0 spiro atoms. The van der Waals surface area contributed by atoms with Crippen molar-refractivity contribution in [3.8, 4) is 17.0 Å². The predicted octanol–water partition coefficient (Wildman–Crippen LogP) is 7.36. The standard InChI is InChI=1S/C41H48F3N5O6S/c1-24(2)56(52)46-39(50)27-11-13-33-35(17-27)47-19-29(15-28-16-31(54-5)12-14-32(28)38(47)36(33)26-9-7-6-8-10-26)37-34(18-45-48(37)23-41(42,43)44)40(51)49-25(3)20-55-22-30(49)21-53-4/h11-18,24-26,30H,6-10,19-23H2,1-5H3,(H,46,50). The summed E-state index contributed by atoms with van der Waals surface area (Å²) in [6.45, 7) is 4.65. The van der Waals surface area contributed by atoms with Crippen LogP contribution in [0.25, 0.3) is 33.8 Å². The van der Waals surface area contributed by atoms with Crippen LogP contribution in [0.4, 0.5) is 13.2 Å². The van der Waals surface area contributed by atoms with Gasteiger partial charge in [-0.1, -0.05) is 25.3 Å². The van der Waals surface area contributed by atoms with E-state index < -0.39 is 41.6 Å². The minimum atomic E-state index is -4.64. The number of amides is 2. The van der Waals surface area contributed by atoms with Crippen molar-refractivity contribution >= 4 is 45.4 Å². The number of rotatable bonds is 10. The highest BCUT2D eigenvalue weighted by molar-refractivity contribution is 7.84. The van der Waals surface area contributed by atoms with Gasteiger partial charge in [0.1, 0.15) is 23.3 Å². The van der Waals surface area contributed by atoms with Crippen molar-refractivity contribution in [1.29, 1.82) is 0 Å². The number of nitrogens with one attached hydrogen (secondary N) is 1. The fourth-order valence-corrected chi connectivity index (χ4v) is 9.02. The van der Waals surface area contributed by atoms with Crippen LogP contribution >= 0.6 is 0 Å². The SMILES string of the molecule is COCC1COCC(C)N1C(=O)c1cnn(CC(F)(F)F)c1C1=Cc2cc(OC)ccc2-c2c(C3CCCCC3)c3ccc(C(=O)NS(=O)C(C)C)cc3n2C1. The summed E-state index contributed by atoms with van der Waals surface area (Å²) in [5, 5.41) is 4.85. The van der Waals surface area contributed by atoms with Crippen LogP contribution in [0.5, 0.6) is 5.75 Å². The molecule has 11 nitrogen and oxygen atoms in total. The number of hydrogen-bond donors (Lipinski definition) is 1. The zero-order valence-electron chi connectivity index (χ0n) is 32.3. The zero-order chi connectivity index (χ0) is 39.9. The van der Waals surface area contributed by atoms with Gasteiger partial charge in [0.25, 0.3) is 11.8 Å². The molecule has 300 valence electrons. The molecule has 3 aliphatic rings. The first kappa shape index (κ1) is 39.8. The summed E-state index contributed by atoms with van der Waals surface area (Å²) >= 11 is 0. The number of methoxy groups -OCH3 is 2. The highest BCUT2D eigenvalue weighted by Gasteiger charge is 2.39. The van der Waals surface area contributed by atoms with E-state index in [-0.39, 0.29) is 54.8 Å². The van der Waals surface area contributed by atoms with Crippen LogP contribution in [0.3, 0.4) is 0 Å². The molecule has 56 heavy (non-hydrogen) atoms. The molecule has 2 aromatic carbocycles. The Hall–Kier alpha value is -4.47. The zero-order valence-corrected chi connectivity index (χ0v) is 33.1. The number of aromatic nitrogens is 3. The number of ether oxygens (including phenoxy) is 3. The fourth-order valence-electron chi connectivity index (χ4n) is 8.49. The minimum absolute atomic E-state index is 0.0310. The summed E-state index contributed by atoms with van der Waals surface area (Å²) in [6.07, 6.45) is 3.60. The Balaban J connectivity index is 1.47. The molecule has 1 N–H and O–H groups in total. The summed E-state index contributed by atoms with van der Waals surface area (Å²) < 4.78 is 78.0. The number of carbonyl (C=O) groups excluding carboxylic acids is 2. The Kier molecular flexibility index (Phi) is 11.5. The monoisotopic (exact) mass is 795 g/mol. The Bertz CT molecular complexity index is 2190. The number of alkyl halides is 3. The molecule has 4 heterocycles. The third kappa shape index (κ3) is 7.77. The van der Waals surface area contributed by atoms with Crippen molar-refractivity contribution in [1.82, 2.24) is 24.0 Å². The van der Waals surface area contributed by atoms with Crippen molar-refractivity contribution in [3.63, 3.8) is 0 Å². The van der Waals surface area contributed by atoms with E-state index >= 15 is 0 Å². The first-order chi connectivity index (χ1) is 26.8. The summed E-state index contributed by atoms with van der Waals surface area (Å²) in [4.78, 5) is 29.8. The molecule has 1 saturated carbocycles. The highest BCUT2D eigenvalue weighted by atomic mass is 32.2. The molecule has 4 aromatic rings. The first-order valence-corrected chi connectivity index (χ1v) is 20.3. The van der Waals surface area contributed by atoms with E-state index in [0.717, 1.165) is 59.0 Å². The van der Waals surface area contributed by atoms with Gasteiger partial charge in [0.05, 0.1) is 68.7 Å². The van der Waals surface area contributed by atoms with Crippen LogP contribution in [-0.4, -0.2) is 92.8 Å². The molecule has 2 amide bonds. The normalized spacial score (nSPS) is 19.7. The number of halogens is 3. The summed E-state index contributed by atoms with van der Waals surface area (Å²) in [6, 6.07) is 10.3. The summed E-state index contributed by atoms with van der Waals surface area (Å²) in [5.41, 5.74) is 5.08. The van der Waals surface area contributed by atoms with Crippen LogP contribution in [0.15, 0.2) is 42.6 Å². The van der Waals surface area contributed by atoms with E-state index in [1.54, 1.807) is 38.0 Å². The van der Waals surface area contributed by atoms with Gasteiger partial charge in [-0.2, -0.15) is 18.3 Å². The lowest BCUT2D eigenvalue weighted by Crippen LogP contribution is -2.55. The largest absolute Gasteiger partial charge is 0.497 e. The molecule has 3 unspecified atom stereocenters. The van der Waals surface area contributed by atoms with Gasteiger partial charge >= 0.3 is 6.18 Å². The number of morpholine rings is 1. The summed E-state index contributed by atoms with van der Waals surface area (Å²) in [7, 11) is 1.47. The average molecular weight is 796 g/mol. The molecule has 2 fully saturated rings. The van der Waals surface area contributed by atoms with E-state index in [4.69, 9.17) is 14.2 Å². The average Bonchev–Trinajstić information content (AvgIpc) is 3.66. The molecule has 15 heteroatoms. The second-order valence-electron chi connectivity index (χ2n) is 15.2. The van der Waals surface area contributed by atoms with Gasteiger partial charge in [0.15, 0.2) is 0 Å². The molecule has 7 rings (SSSR count). The van der Waals surface area contributed by atoms with E-state index in [9.17, 15) is 27.0 Å². The number of hydrogen-bond acceptors (Lipinski definition) is 7. The van der Waals surface area contributed by atoms with Crippen molar-refractivity contribution in [2.45, 2.75) is 95.4 Å². The Morgan fingerprint density at radius 2 is 1.82 bits per heavy atom. The van der Waals surface area contributed by atoms with Gasteiger partial charge in [-0.3, -0.25) is 19.0 Å². The van der Waals surface area contributed by atoms with Crippen LogP contribution in [0.1, 0.15) is 96.3 Å². The highest BCUT2D eigenvalue weighted by Crippen LogP contribution is 2.48. The van der Waals surface area contributed by atoms with Crippen molar-refractivity contribution in [2.24, 2.45) is 0 Å². The molecule has 0 bridgehead atoms. The fraction of sp³-hybridized carbons (Fsp3) is 0.488. The van der Waals surface area contributed by atoms with Gasteiger partial charge in [-0.15, -0.1) is 0 Å². The summed E-state index contributed by atoms with van der Waals surface area (Å²) in [5.74, 6) is -0.213. The second-order valence-corrected chi connectivity index (χ2v) is 16.9. The number of nitrogens with zero attached hydrogens (tertiary/aromatic N) is 4. The van der Waals surface area contributed by atoms with Gasteiger partial charge in [0, 0.05) is 34.4 Å². The van der Waals surface area contributed by atoms with Crippen LogP contribution in [0.2, 0.25) is 0 Å². The lowest BCUT2D eigenvalue weighted by molar-refractivity contribution is -0.142. The van der Waals surface area contributed by atoms with E-state index in [0.29, 0.717) is 28.0 Å². The first-order valence-electron chi connectivity index (χ1n) is 19.1. The van der Waals surface area contributed by atoms with Gasteiger partial charge < -0.3 is 23.7 Å². The van der Waals surface area contributed by atoms with Crippen molar-refractivity contribution < 1.29 is 41.2 Å². The molecular formula is C41H48F3N5O6S. The minimum Gasteiger partial charge on any atom is -0.497 e.